The highest BCUT2D eigenvalue weighted by Gasteiger charge is 2.08. The molecule has 3 nitrogen and oxygen atoms in total. The van der Waals surface area contributed by atoms with Crippen LogP contribution in [-0.2, 0) is 11.3 Å². The van der Waals surface area contributed by atoms with Crippen LogP contribution >= 0.6 is 0 Å². The van der Waals surface area contributed by atoms with Crippen molar-refractivity contribution in [1.29, 1.82) is 0 Å². The summed E-state index contributed by atoms with van der Waals surface area (Å²) >= 11 is 0. The van der Waals surface area contributed by atoms with Crippen molar-refractivity contribution in [3.8, 4) is 0 Å². The third kappa shape index (κ3) is 7.19. The fourth-order valence-corrected chi connectivity index (χ4v) is 2.84. The third-order valence-corrected chi connectivity index (χ3v) is 4.60. The van der Waals surface area contributed by atoms with Crippen LogP contribution in [0.2, 0.25) is 0 Å². The molecular weight excluding hydrogens is 322 g/mol. The molecule has 0 radical (unpaired) electrons. The fraction of sp³-hybridized carbons (Fsp3) is 0.478. The summed E-state index contributed by atoms with van der Waals surface area (Å²) in [5.74, 6) is 0. The maximum atomic E-state index is 9.11. The number of rotatable bonds is 11. The zero-order valence-corrected chi connectivity index (χ0v) is 17.0. The topological polar surface area (TPSA) is 41.5 Å². The number of ether oxygens (including phenoxy) is 1. The van der Waals surface area contributed by atoms with Crippen LogP contribution in [0, 0.1) is 0 Å². The summed E-state index contributed by atoms with van der Waals surface area (Å²) in [6.07, 6.45) is 9.16. The van der Waals surface area contributed by atoms with Crippen LogP contribution in [0.4, 0.5) is 0 Å². The van der Waals surface area contributed by atoms with E-state index in [1.165, 1.54) is 16.7 Å². The Morgan fingerprint density at radius 3 is 2.65 bits per heavy atom. The average Bonchev–Trinajstić information content (AvgIpc) is 2.68. The van der Waals surface area contributed by atoms with Gasteiger partial charge in [0.15, 0.2) is 0 Å². The van der Waals surface area contributed by atoms with Gasteiger partial charge in [-0.3, -0.25) is 0 Å². The van der Waals surface area contributed by atoms with Crippen molar-refractivity contribution in [2.24, 2.45) is 0 Å². The van der Waals surface area contributed by atoms with Gasteiger partial charge in [0.2, 0.25) is 0 Å². The van der Waals surface area contributed by atoms with Crippen LogP contribution in [0.3, 0.4) is 0 Å². The molecule has 0 aliphatic rings. The van der Waals surface area contributed by atoms with E-state index in [1.807, 2.05) is 13.2 Å². The molecule has 26 heavy (non-hydrogen) atoms. The van der Waals surface area contributed by atoms with E-state index in [-0.39, 0.29) is 12.7 Å². The Balaban J connectivity index is 3.04. The number of aliphatic hydroxyl groups excluding tert-OH is 1. The van der Waals surface area contributed by atoms with Gasteiger partial charge in [0.25, 0.3) is 0 Å². The number of allylic oxidation sites excluding steroid dienone is 5. The van der Waals surface area contributed by atoms with Crippen molar-refractivity contribution in [3.05, 3.63) is 64.9 Å². The molecule has 0 heterocycles. The van der Waals surface area contributed by atoms with E-state index in [9.17, 15) is 0 Å². The molecule has 144 valence electrons. The molecule has 3 heteroatoms. The zero-order chi connectivity index (χ0) is 19.4. The molecule has 0 fully saturated rings. The van der Waals surface area contributed by atoms with Gasteiger partial charge in [-0.2, -0.15) is 0 Å². The molecule has 0 aliphatic carbocycles. The van der Waals surface area contributed by atoms with E-state index in [2.05, 4.69) is 69.4 Å². The lowest BCUT2D eigenvalue weighted by Crippen LogP contribution is -2.13. The Bertz CT molecular complexity index is 629. The lowest BCUT2D eigenvalue weighted by Gasteiger charge is -2.15. The van der Waals surface area contributed by atoms with Gasteiger partial charge in [0.1, 0.15) is 0 Å². The van der Waals surface area contributed by atoms with Gasteiger partial charge in [0.05, 0.1) is 12.7 Å². The van der Waals surface area contributed by atoms with Crippen LogP contribution in [0.5, 0.6) is 0 Å². The van der Waals surface area contributed by atoms with Crippen molar-refractivity contribution >= 4 is 5.57 Å². The first kappa shape index (κ1) is 22.2. The maximum absolute atomic E-state index is 9.11. The first-order valence-electron chi connectivity index (χ1n) is 9.62. The highest BCUT2D eigenvalue weighted by atomic mass is 16.5. The molecular formula is C23H35NO2. The zero-order valence-electron chi connectivity index (χ0n) is 17.0. The highest BCUT2D eigenvalue weighted by Crippen LogP contribution is 2.23. The number of hydrogen-bond donors (Lipinski definition) is 2. The van der Waals surface area contributed by atoms with Crippen molar-refractivity contribution in [3.63, 3.8) is 0 Å². The number of benzene rings is 1. The second-order valence-electron chi connectivity index (χ2n) is 6.44. The van der Waals surface area contributed by atoms with Gasteiger partial charge in [-0.05, 0) is 67.5 Å². The molecule has 1 atom stereocenters. The van der Waals surface area contributed by atoms with E-state index >= 15 is 0 Å². The molecule has 0 spiro atoms. The van der Waals surface area contributed by atoms with Crippen molar-refractivity contribution in [2.45, 2.75) is 59.7 Å². The van der Waals surface area contributed by atoms with Gasteiger partial charge in [-0.15, -0.1) is 0 Å². The smallest absolute Gasteiger partial charge is 0.0720 e. The standard InChI is InChI=1S/C23H35NO2/c1-6-18(4)20(7-2)15-22(16-24-5)21-11-9-10-19(14-21)17-26-23(8-3)12-13-25/h6,9-11,14-16,23-25H,7-8,12-13,17H2,1-5H3/b18-6-,20-15+,22-16+. The van der Waals surface area contributed by atoms with Gasteiger partial charge >= 0.3 is 0 Å². The average molecular weight is 358 g/mol. The predicted molar refractivity (Wildman–Crippen MR) is 112 cm³/mol. The van der Waals surface area contributed by atoms with Crippen molar-refractivity contribution in [1.82, 2.24) is 5.32 Å². The lowest BCUT2D eigenvalue weighted by atomic mass is 9.97. The molecule has 1 unspecified atom stereocenters. The molecule has 0 aliphatic heterocycles. The number of hydrogen-bond acceptors (Lipinski definition) is 3. The summed E-state index contributed by atoms with van der Waals surface area (Å²) in [6, 6.07) is 8.48. The van der Waals surface area contributed by atoms with Gasteiger partial charge < -0.3 is 15.2 Å². The summed E-state index contributed by atoms with van der Waals surface area (Å²) in [5.41, 5.74) is 6.13. The molecule has 0 saturated heterocycles. The monoisotopic (exact) mass is 357 g/mol. The molecule has 1 aromatic rings. The number of nitrogens with one attached hydrogen (secondary N) is 1. The molecule has 0 aromatic heterocycles. The third-order valence-electron chi connectivity index (χ3n) is 4.60. The predicted octanol–water partition coefficient (Wildman–Crippen LogP) is 5.23. The SMILES string of the molecule is C\C=C(C)/C(=C/C(=C\NC)c1cccc(COC(CC)CCO)c1)CC. The van der Waals surface area contributed by atoms with E-state index in [1.54, 1.807) is 0 Å². The van der Waals surface area contributed by atoms with Crippen LogP contribution in [0.15, 0.2) is 53.8 Å². The molecule has 0 saturated carbocycles. The minimum Gasteiger partial charge on any atom is -0.396 e. The molecule has 2 N–H and O–H groups in total. The largest absolute Gasteiger partial charge is 0.396 e. The van der Waals surface area contributed by atoms with Crippen LogP contribution in [0.1, 0.15) is 58.1 Å². The molecule has 1 aromatic carbocycles. The first-order chi connectivity index (χ1) is 12.6. The van der Waals surface area contributed by atoms with Crippen molar-refractivity contribution in [2.75, 3.05) is 13.7 Å². The minimum absolute atomic E-state index is 0.111. The van der Waals surface area contributed by atoms with Crippen LogP contribution in [-0.4, -0.2) is 24.9 Å². The van der Waals surface area contributed by atoms with E-state index in [4.69, 9.17) is 9.84 Å². The lowest BCUT2D eigenvalue weighted by molar-refractivity contribution is 0.0220. The first-order valence-corrected chi connectivity index (χ1v) is 9.62. The van der Waals surface area contributed by atoms with Gasteiger partial charge in [-0.1, -0.05) is 43.7 Å². The Kier molecular flexibility index (Phi) is 10.7. The van der Waals surface area contributed by atoms with Crippen LogP contribution in [0.25, 0.3) is 5.57 Å². The van der Waals surface area contributed by atoms with Crippen LogP contribution < -0.4 is 5.32 Å². The Morgan fingerprint density at radius 1 is 1.31 bits per heavy atom. The van der Waals surface area contributed by atoms with Gasteiger partial charge in [0, 0.05) is 19.9 Å². The normalized spacial score (nSPS) is 14.5. The van der Waals surface area contributed by atoms with Gasteiger partial charge in [-0.25, -0.2) is 0 Å². The summed E-state index contributed by atoms with van der Waals surface area (Å²) in [4.78, 5) is 0. The second-order valence-corrected chi connectivity index (χ2v) is 6.44. The summed E-state index contributed by atoms with van der Waals surface area (Å²) in [6.45, 7) is 9.24. The molecule has 1 rings (SSSR count). The second kappa shape index (κ2) is 12.5. The Morgan fingerprint density at radius 2 is 2.08 bits per heavy atom. The quantitative estimate of drug-likeness (QED) is 0.533. The summed E-state index contributed by atoms with van der Waals surface area (Å²) < 4.78 is 5.95. The summed E-state index contributed by atoms with van der Waals surface area (Å²) in [5, 5.41) is 12.3. The van der Waals surface area contributed by atoms with E-state index in [0.717, 1.165) is 24.0 Å². The van der Waals surface area contributed by atoms with E-state index in [0.29, 0.717) is 13.0 Å². The maximum Gasteiger partial charge on any atom is 0.0720 e. The minimum atomic E-state index is 0.111. The van der Waals surface area contributed by atoms with Crippen molar-refractivity contribution < 1.29 is 9.84 Å². The summed E-state index contributed by atoms with van der Waals surface area (Å²) in [7, 11) is 1.93. The molecule has 0 amide bonds. The number of aliphatic hydroxyl groups is 1. The Hall–Kier alpha value is -1.84. The van der Waals surface area contributed by atoms with E-state index < -0.39 is 0 Å². The molecule has 0 bridgehead atoms. The Labute approximate surface area is 159 Å². The highest BCUT2D eigenvalue weighted by molar-refractivity contribution is 5.75. The fourth-order valence-electron chi connectivity index (χ4n) is 2.84.